The summed E-state index contributed by atoms with van der Waals surface area (Å²) in [6.45, 7) is 9.60. The third-order valence-electron chi connectivity index (χ3n) is 10.3. The van der Waals surface area contributed by atoms with Crippen molar-refractivity contribution in [3.05, 3.63) is 115 Å². The van der Waals surface area contributed by atoms with Crippen LogP contribution in [-0.4, -0.2) is 77.1 Å². The van der Waals surface area contributed by atoms with Crippen LogP contribution in [-0.2, 0) is 24.9 Å². The first-order valence-corrected chi connectivity index (χ1v) is 18.4. The number of methoxy groups -OCH3 is 2. The molecule has 2 saturated heterocycles. The zero-order valence-corrected chi connectivity index (χ0v) is 32.1. The molecule has 0 aliphatic carbocycles. The predicted molar refractivity (Wildman–Crippen MR) is 206 cm³/mol. The normalized spacial score (nSPS) is 16.9. The molecule has 0 spiro atoms. The summed E-state index contributed by atoms with van der Waals surface area (Å²) in [5.41, 5.74) is 7.59. The molecule has 10 nitrogen and oxygen atoms in total. The molecule has 2 aliphatic heterocycles. The quantitative estimate of drug-likeness (QED) is 0.103. The molecule has 4 aromatic rings. The molecule has 0 saturated carbocycles. The Hall–Kier alpha value is -4.76. The number of nitriles is 1. The number of hydrogen-bond donors (Lipinski definition) is 0. The van der Waals surface area contributed by atoms with E-state index in [1.54, 1.807) is 38.0 Å². The summed E-state index contributed by atoms with van der Waals surface area (Å²) in [6, 6.07) is 20.1. The van der Waals surface area contributed by atoms with E-state index in [0.29, 0.717) is 23.4 Å². The second-order valence-corrected chi connectivity index (χ2v) is 14.4. The van der Waals surface area contributed by atoms with Crippen molar-refractivity contribution in [3.8, 4) is 28.7 Å². The van der Waals surface area contributed by atoms with E-state index in [2.05, 4.69) is 61.0 Å². The number of likely N-dealkylation sites (tertiary alicyclic amines) is 1. The third kappa shape index (κ3) is 7.99. The highest BCUT2D eigenvalue weighted by Crippen LogP contribution is 2.38. The van der Waals surface area contributed by atoms with Gasteiger partial charge in [-0.3, -0.25) is 19.4 Å². The van der Waals surface area contributed by atoms with Gasteiger partial charge < -0.3 is 18.9 Å². The van der Waals surface area contributed by atoms with Crippen LogP contribution in [0.25, 0.3) is 17.2 Å². The van der Waals surface area contributed by atoms with E-state index in [1.165, 1.54) is 5.56 Å². The molecule has 2 fully saturated rings. The zero-order chi connectivity index (χ0) is 36.9. The topological polar surface area (TPSA) is 104 Å². The summed E-state index contributed by atoms with van der Waals surface area (Å²) in [5.74, 6) is 1.27. The molecule has 2 aliphatic rings. The van der Waals surface area contributed by atoms with Gasteiger partial charge in [-0.25, -0.2) is 4.98 Å². The highest BCUT2D eigenvalue weighted by Gasteiger charge is 2.32. The molecule has 4 heterocycles. The number of benzene rings is 2. The Labute approximate surface area is 314 Å². The van der Waals surface area contributed by atoms with E-state index in [4.69, 9.17) is 9.47 Å². The lowest BCUT2D eigenvalue weighted by molar-refractivity contribution is -0.127. The highest BCUT2D eigenvalue weighted by atomic mass is 79.9. The standard InChI is InChI=1S/C41H45BrN6O4/c1-27-28(2)40(49)45(3)25-34(27)31-21-37(51-4)35(38(22-31)52-5)26-47-17-15-46(16-18-47)24-29-9-6-10-30(19-29)36-12-8-14-48(36)41(50)32(23-43)20-33-11-7-13-39(42)44-33/h6-7,9-11,13,19-22,25,36H,8,12,14-18,24,26H2,1-5H3. The first-order chi connectivity index (χ1) is 25.1. The van der Waals surface area contributed by atoms with Gasteiger partial charge in [0.1, 0.15) is 27.7 Å². The SMILES string of the molecule is COc1cc(-c2cn(C)c(=O)c(C)c2C)cc(OC)c1CN1CCN(Cc2cccc(C3CCCN3C(=O)C(C#N)=Cc3cccc(Br)n3)c2)CC1. The number of ether oxygens (including phenoxy) is 2. The number of carbonyl (C=O) groups is 1. The largest absolute Gasteiger partial charge is 0.496 e. The fourth-order valence-corrected chi connectivity index (χ4v) is 7.71. The van der Waals surface area contributed by atoms with E-state index in [-0.39, 0.29) is 23.1 Å². The average Bonchev–Trinajstić information content (AvgIpc) is 3.65. The number of nitrogens with zero attached hydrogens (tertiary/aromatic N) is 6. The van der Waals surface area contributed by atoms with Gasteiger partial charge in [-0.2, -0.15) is 5.26 Å². The monoisotopic (exact) mass is 764 g/mol. The molecule has 0 bridgehead atoms. The minimum atomic E-state index is -0.256. The van der Waals surface area contributed by atoms with Gasteiger partial charge in [-0.1, -0.05) is 30.3 Å². The van der Waals surface area contributed by atoms with Crippen LogP contribution in [0, 0.1) is 25.2 Å². The van der Waals surface area contributed by atoms with Crippen molar-refractivity contribution in [3.63, 3.8) is 0 Å². The van der Waals surface area contributed by atoms with Crippen LogP contribution >= 0.6 is 15.9 Å². The minimum Gasteiger partial charge on any atom is -0.496 e. The maximum Gasteiger partial charge on any atom is 0.265 e. The minimum absolute atomic E-state index is 0.00508. The number of pyridine rings is 2. The van der Waals surface area contributed by atoms with E-state index < -0.39 is 0 Å². The van der Waals surface area contributed by atoms with Crippen molar-refractivity contribution in [2.24, 2.45) is 7.05 Å². The van der Waals surface area contributed by atoms with Crippen molar-refractivity contribution in [2.45, 2.75) is 45.8 Å². The van der Waals surface area contributed by atoms with Gasteiger partial charge in [0.05, 0.1) is 31.5 Å². The molecule has 11 heteroatoms. The van der Waals surface area contributed by atoms with Gasteiger partial charge in [0.15, 0.2) is 0 Å². The second kappa shape index (κ2) is 16.3. The number of rotatable bonds is 10. The van der Waals surface area contributed by atoms with Crippen LogP contribution in [0.4, 0.5) is 0 Å². The molecule has 270 valence electrons. The van der Waals surface area contributed by atoms with Crippen molar-refractivity contribution < 1.29 is 14.3 Å². The first-order valence-electron chi connectivity index (χ1n) is 17.6. The predicted octanol–water partition coefficient (Wildman–Crippen LogP) is 6.43. The fourth-order valence-electron chi connectivity index (χ4n) is 7.35. The second-order valence-electron chi connectivity index (χ2n) is 13.6. The average molecular weight is 766 g/mol. The summed E-state index contributed by atoms with van der Waals surface area (Å²) >= 11 is 3.36. The summed E-state index contributed by atoms with van der Waals surface area (Å²) in [5, 5.41) is 9.88. The van der Waals surface area contributed by atoms with Crippen molar-refractivity contribution in [1.82, 2.24) is 24.3 Å². The van der Waals surface area contributed by atoms with Gasteiger partial charge in [0.2, 0.25) is 0 Å². The lowest BCUT2D eigenvalue weighted by atomic mass is 9.97. The Bertz CT molecular complexity index is 2070. The molecule has 1 atom stereocenters. The van der Waals surface area contributed by atoms with E-state index >= 15 is 0 Å². The smallest absolute Gasteiger partial charge is 0.265 e. The van der Waals surface area contributed by atoms with Gasteiger partial charge >= 0.3 is 0 Å². The van der Waals surface area contributed by atoms with Crippen molar-refractivity contribution in [2.75, 3.05) is 46.9 Å². The molecular weight excluding hydrogens is 720 g/mol. The molecule has 52 heavy (non-hydrogen) atoms. The number of halogens is 1. The Balaban J connectivity index is 1.11. The molecule has 0 radical (unpaired) electrons. The van der Waals surface area contributed by atoms with Crippen LogP contribution in [0.15, 0.2) is 75.8 Å². The van der Waals surface area contributed by atoms with Gasteiger partial charge in [-0.05, 0) is 95.2 Å². The van der Waals surface area contributed by atoms with Crippen LogP contribution in [0.1, 0.15) is 52.4 Å². The molecule has 2 aromatic carbocycles. The van der Waals surface area contributed by atoms with Crippen molar-refractivity contribution >= 4 is 27.9 Å². The number of aromatic nitrogens is 2. The summed E-state index contributed by atoms with van der Waals surface area (Å²) in [4.78, 5) is 37.2. The van der Waals surface area contributed by atoms with E-state index in [1.807, 2.05) is 49.2 Å². The third-order valence-corrected chi connectivity index (χ3v) is 10.8. The number of amides is 1. The maximum absolute atomic E-state index is 13.6. The Morgan fingerprint density at radius 2 is 1.63 bits per heavy atom. The van der Waals surface area contributed by atoms with Crippen LogP contribution in [0.2, 0.25) is 0 Å². The highest BCUT2D eigenvalue weighted by molar-refractivity contribution is 9.10. The maximum atomic E-state index is 13.6. The number of piperazine rings is 1. The van der Waals surface area contributed by atoms with Gasteiger partial charge in [-0.15, -0.1) is 0 Å². The van der Waals surface area contributed by atoms with E-state index in [0.717, 1.165) is 90.4 Å². The lowest BCUT2D eigenvalue weighted by Gasteiger charge is -2.35. The fraction of sp³-hybridized carbons (Fsp3) is 0.366. The van der Waals surface area contributed by atoms with Crippen LogP contribution < -0.4 is 15.0 Å². The molecule has 0 N–H and O–H groups in total. The van der Waals surface area contributed by atoms with E-state index in [9.17, 15) is 14.9 Å². The molecule has 1 unspecified atom stereocenters. The first kappa shape index (κ1) is 37.0. The Morgan fingerprint density at radius 1 is 0.962 bits per heavy atom. The summed E-state index contributed by atoms with van der Waals surface area (Å²) in [6.07, 6.45) is 5.20. The number of aryl methyl sites for hydroxylation is 1. The molecule has 1 amide bonds. The van der Waals surface area contributed by atoms with Crippen LogP contribution in [0.5, 0.6) is 11.5 Å². The van der Waals surface area contributed by atoms with Crippen molar-refractivity contribution in [1.29, 1.82) is 5.26 Å². The number of carbonyl (C=O) groups excluding carboxylic acids is 1. The Kier molecular flexibility index (Phi) is 11.6. The summed E-state index contributed by atoms with van der Waals surface area (Å²) < 4.78 is 14.1. The molecular formula is C41H45BrN6O4. The van der Waals surface area contributed by atoms with Crippen LogP contribution in [0.3, 0.4) is 0 Å². The summed E-state index contributed by atoms with van der Waals surface area (Å²) in [7, 11) is 5.15. The molecule has 6 rings (SSSR count). The van der Waals surface area contributed by atoms with Gasteiger partial charge in [0, 0.05) is 70.2 Å². The number of hydrogen-bond acceptors (Lipinski definition) is 8. The Morgan fingerprint density at radius 3 is 2.29 bits per heavy atom. The zero-order valence-electron chi connectivity index (χ0n) is 30.5. The lowest BCUT2D eigenvalue weighted by Crippen LogP contribution is -2.45. The van der Waals surface area contributed by atoms with Gasteiger partial charge in [0.25, 0.3) is 11.5 Å². The molecule has 2 aromatic heterocycles.